The first kappa shape index (κ1) is 15.5. The molecule has 0 atom stereocenters. The highest BCUT2D eigenvalue weighted by Gasteiger charge is 1.97. The average Bonchev–Trinajstić information content (AvgIpc) is 3.03. The van der Waals surface area contributed by atoms with Crippen LogP contribution in [-0.4, -0.2) is 36.4 Å². The van der Waals surface area contributed by atoms with Crippen LogP contribution in [0, 0.1) is 0 Å². The molecule has 0 aliphatic carbocycles. The number of aryl methyl sites for hydroxylation is 1. The second-order valence-corrected chi connectivity index (χ2v) is 4.82. The van der Waals surface area contributed by atoms with Crippen molar-refractivity contribution in [3.63, 3.8) is 0 Å². The highest BCUT2D eigenvalue weighted by atomic mass is 16.5. The normalized spacial score (nSPS) is 10.7. The van der Waals surface area contributed by atoms with Crippen LogP contribution in [0.25, 0.3) is 0 Å². The van der Waals surface area contributed by atoms with Gasteiger partial charge in [0.15, 0.2) is 0 Å². The lowest BCUT2D eigenvalue weighted by molar-refractivity contribution is 0.199. The molecule has 0 bridgehead atoms. The molecule has 0 amide bonds. The standard InChI is InChI=1S/C16H23N3O2/c1-20-12-8-17-13-15-3-5-16(6-4-15)21-11-2-9-19-10-7-18-14-19/h3-7,10,14,17H,2,8-9,11-13H2,1H3. The number of ether oxygens (including phenoxy) is 2. The first-order chi connectivity index (χ1) is 10.4. The fraction of sp³-hybridized carbons (Fsp3) is 0.438. The monoisotopic (exact) mass is 289 g/mol. The zero-order chi connectivity index (χ0) is 14.8. The summed E-state index contributed by atoms with van der Waals surface area (Å²) in [7, 11) is 1.71. The Kier molecular flexibility index (Phi) is 6.77. The van der Waals surface area contributed by atoms with Crippen molar-refractivity contribution in [2.45, 2.75) is 19.5 Å². The second-order valence-electron chi connectivity index (χ2n) is 4.82. The van der Waals surface area contributed by atoms with Crippen molar-refractivity contribution in [3.05, 3.63) is 48.5 Å². The first-order valence-electron chi connectivity index (χ1n) is 7.25. The van der Waals surface area contributed by atoms with Crippen LogP contribution in [0.3, 0.4) is 0 Å². The molecular weight excluding hydrogens is 266 g/mol. The lowest BCUT2D eigenvalue weighted by Crippen LogP contribution is -2.18. The predicted molar refractivity (Wildman–Crippen MR) is 82.4 cm³/mol. The number of nitrogens with one attached hydrogen (secondary N) is 1. The van der Waals surface area contributed by atoms with E-state index in [0.29, 0.717) is 6.61 Å². The molecule has 5 nitrogen and oxygen atoms in total. The van der Waals surface area contributed by atoms with Gasteiger partial charge in [-0.1, -0.05) is 12.1 Å². The number of hydrogen-bond donors (Lipinski definition) is 1. The van der Waals surface area contributed by atoms with Gasteiger partial charge in [-0.3, -0.25) is 0 Å². The summed E-state index contributed by atoms with van der Waals surface area (Å²) in [6, 6.07) is 8.21. The van der Waals surface area contributed by atoms with Crippen molar-refractivity contribution in [2.24, 2.45) is 0 Å². The minimum atomic E-state index is 0.712. The number of benzene rings is 1. The van der Waals surface area contributed by atoms with E-state index in [4.69, 9.17) is 9.47 Å². The van der Waals surface area contributed by atoms with Crippen molar-refractivity contribution < 1.29 is 9.47 Å². The summed E-state index contributed by atoms with van der Waals surface area (Å²) in [5.41, 5.74) is 1.25. The Morgan fingerprint density at radius 1 is 1.19 bits per heavy atom. The molecule has 0 radical (unpaired) electrons. The molecule has 1 aromatic carbocycles. The molecule has 0 fully saturated rings. The Labute approximate surface area is 125 Å². The van der Waals surface area contributed by atoms with Crippen LogP contribution in [0.15, 0.2) is 43.0 Å². The number of methoxy groups -OCH3 is 1. The van der Waals surface area contributed by atoms with Gasteiger partial charge >= 0.3 is 0 Å². The molecule has 0 spiro atoms. The molecule has 5 heteroatoms. The van der Waals surface area contributed by atoms with Crippen molar-refractivity contribution in [1.82, 2.24) is 14.9 Å². The predicted octanol–water partition coefficient (Wildman–Crippen LogP) is 2.09. The molecule has 0 unspecified atom stereocenters. The summed E-state index contributed by atoms with van der Waals surface area (Å²) in [6.45, 7) is 4.09. The molecule has 0 aliphatic rings. The van der Waals surface area contributed by atoms with Gasteiger partial charge in [-0.25, -0.2) is 4.98 Å². The molecule has 1 N–H and O–H groups in total. The van der Waals surface area contributed by atoms with Gasteiger partial charge in [0.05, 0.1) is 19.5 Å². The van der Waals surface area contributed by atoms with Crippen LogP contribution in [0.5, 0.6) is 5.75 Å². The van der Waals surface area contributed by atoms with E-state index in [2.05, 4.69) is 27.0 Å². The SMILES string of the molecule is COCCNCc1ccc(OCCCn2ccnc2)cc1. The van der Waals surface area contributed by atoms with Crippen molar-refractivity contribution in [2.75, 3.05) is 26.9 Å². The van der Waals surface area contributed by atoms with E-state index in [1.54, 1.807) is 13.3 Å². The molecule has 2 rings (SSSR count). The van der Waals surface area contributed by atoms with E-state index < -0.39 is 0 Å². The second kappa shape index (κ2) is 9.15. The van der Waals surface area contributed by atoms with Crippen LogP contribution in [0.4, 0.5) is 0 Å². The lowest BCUT2D eigenvalue weighted by Gasteiger charge is -2.08. The van der Waals surface area contributed by atoms with Crippen molar-refractivity contribution in [3.8, 4) is 5.75 Å². The van der Waals surface area contributed by atoms with Crippen LogP contribution in [0.2, 0.25) is 0 Å². The summed E-state index contributed by atoms with van der Waals surface area (Å²) < 4.78 is 12.8. The smallest absolute Gasteiger partial charge is 0.119 e. The third-order valence-electron chi connectivity index (χ3n) is 3.12. The van der Waals surface area contributed by atoms with Crippen LogP contribution >= 0.6 is 0 Å². The molecule has 1 heterocycles. The number of imidazole rings is 1. The van der Waals surface area contributed by atoms with Gasteiger partial charge in [0.25, 0.3) is 0 Å². The molecule has 1 aromatic heterocycles. The molecule has 21 heavy (non-hydrogen) atoms. The maximum absolute atomic E-state index is 5.73. The Morgan fingerprint density at radius 3 is 2.76 bits per heavy atom. The minimum Gasteiger partial charge on any atom is -0.494 e. The van der Waals surface area contributed by atoms with E-state index in [1.165, 1.54) is 5.56 Å². The molecule has 0 saturated heterocycles. The molecular formula is C16H23N3O2. The average molecular weight is 289 g/mol. The van der Waals surface area contributed by atoms with Crippen molar-refractivity contribution >= 4 is 0 Å². The van der Waals surface area contributed by atoms with Crippen LogP contribution in [-0.2, 0) is 17.8 Å². The lowest BCUT2D eigenvalue weighted by atomic mass is 10.2. The maximum atomic E-state index is 5.73. The Balaban J connectivity index is 1.62. The zero-order valence-electron chi connectivity index (χ0n) is 12.5. The molecule has 114 valence electrons. The van der Waals surface area contributed by atoms with Gasteiger partial charge in [0.1, 0.15) is 5.75 Å². The summed E-state index contributed by atoms with van der Waals surface area (Å²) in [6.07, 6.45) is 6.55. The van der Waals surface area contributed by atoms with Crippen LogP contribution < -0.4 is 10.1 Å². The quantitative estimate of drug-likeness (QED) is 0.680. The third-order valence-corrected chi connectivity index (χ3v) is 3.12. The van der Waals surface area contributed by atoms with Gasteiger partial charge in [-0.2, -0.15) is 0 Å². The Morgan fingerprint density at radius 2 is 2.05 bits per heavy atom. The summed E-state index contributed by atoms with van der Waals surface area (Å²) in [5, 5.41) is 3.32. The number of rotatable bonds is 10. The number of nitrogens with zero attached hydrogens (tertiary/aromatic N) is 2. The van der Waals surface area contributed by atoms with E-state index in [9.17, 15) is 0 Å². The fourth-order valence-electron chi connectivity index (χ4n) is 1.97. The number of aromatic nitrogens is 2. The fourth-order valence-corrected chi connectivity index (χ4v) is 1.97. The molecule has 0 saturated carbocycles. The minimum absolute atomic E-state index is 0.712. The van der Waals surface area contributed by atoms with Crippen LogP contribution in [0.1, 0.15) is 12.0 Å². The highest BCUT2D eigenvalue weighted by molar-refractivity contribution is 5.27. The molecule has 2 aromatic rings. The molecule has 0 aliphatic heterocycles. The summed E-state index contributed by atoms with van der Waals surface area (Å²) >= 11 is 0. The third kappa shape index (κ3) is 5.97. The Hall–Kier alpha value is -1.85. The highest BCUT2D eigenvalue weighted by Crippen LogP contribution is 2.12. The van der Waals surface area contributed by atoms with E-state index in [0.717, 1.165) is 38.4 Å². The van der Waals surface area contributed by atoms with Gasteiger partial charge in [0.2, 0.25) is 0 Å². The van der Waals surface area contributed by atoms with Gasteiger partial charge in [0, 0.05) is 39.1 Å². The van der Waals surface area contributed by atoms with E-state index >= 15 is 0 Å². The zero-order valence-corrected chi connectivity index (χ0v) is 12.5. The first-order valence-corrected chi connectivity index (χ1v) is 7.25. The topological polar surface area (TPSA) is 48.3 Å². The van der Waals surface area contributed by atoms with E-state index in [-0.39, 0.29) is 0 Å². The van der Waals surface area contributed by atoms with Gasteiger partial charge < -0.3 is 19.4 Å². The van der Waals surface area contributed by atoms with E-state index in [1.807, 2.05) is 24.7 Å². The van der Waals surface area contributed by atoms with Gasteiger partial charge in [-0.15, -0.1) is 0 Å². The maximum Gasteiger partial charge on any atom is 0.119 e. The van der Waals surface area contributed by atoms with Gasteiger partial charge in [-0.05, 0) is 24.1 Å². The largest absolute Gasteiger partial charge is 0.494 e. The summed E-state index contributed by atoms with van der Waals surface area (Å²) in [5.74, 6) is 0.918. The summed E-state index contributed by atoms with van der Waals surface area (Å²) in [4.78, 5) is 4.01. The Bertz CT molecular complexity index is 483. The van der Waals surface area contributed by atoms with Crippen molar-refractivity contribution in [1.29, 1.82) is 0 Å². The number of hydrogen-bond acceptors (Lipinski definition) is 4.